The smallest absolute Gasteiger partial charge is 0.236 e. The van der Waals surface area contributed by atoms with Crippen LogP contribution in [0.4, 0.5) is 10.8 Å². The summed E-state index contributed by atoms with van der Waals surface area (Å²) in [7, 11) is 3.85. The SMILES string of the molecule is CCCCN(C)CCC(=O)Nc1nc(-c2ccc3c(c2)C(C)(C)C(=O)N3C)cs1. The number of nitrogens with zero attached hydrogens (tertiary/aromatic N) is 3. The van der Waals surface area contributed by atoms with E-state index in [-0.39, 0.29) is 11.8 Å². The minimum absolute atomic E-state index is 0.0171. The molecule has 7 heteroatoms. The molecule has 1 aliphatic heterocycles. The van der Waals surface area contributed by atoms with Crippen molar-refractivity contribution in [2.75, 3.05) is 37.4 Å². The van der Waals surface area contributed by atoms with Crippen LogP contribution in [0.25, 0.3) is 11.3 Å². The number of unbranched alkanes of at least 4 members (excludes halogenated alkanes) is 1. The molecule has 29 heavy (non-hydrogen) atoms. The fourth-order valence-electron chi connectivity index (χ4n) is 3.61. The van der Waals surface area contributed by atoms with Crippen LogP contribution in [0, 0.1) is 0 Å². The van der Waals surface area contributed by atoms with Crippen LogP contribution < -0.4 is 10.2 Å². The van der Waals surface area contributed by atoms with Gasteiger partial charge < -0.3 is 15.1 Å². The van der Waals surface area contributed by atoms with E-state index in [0.29, 0.717) is 11.6 Å². The molecule has 1 aromatic heterocycles. The number of hydrogen-bond acceptors (Lipinski definition) is 5. The number of anilines is 2. The Hall–Kier alpha value is -2.25. The van der Waals surface area contributed by atoms with Crippen LogP contribution in [0.2, 0.25) is 0 Å². The van der Waals surface area contributed by atoms with E-state index in [4.69, 9.17) is 0 Å². The summed E-state index contributed by atoms with van der Waals surface area (Å²) in [5.41, 5.74) is 3.18. The lowest BCUT2D eigenvalue weighted by Gasteiger charge is -2.16. The predicted molar refractivity (Wildman–Crippen MR) is 120 cm³/mol. The van der Waals surface area contributed by atoms with Crippen LogP contribution in [0.3, 0.4) is 0 Å². The Labute approximate surface area is 176 Å². The summed E-state index contributed by atoms with van der Waals surface area (Å²) in [4.78, 5) is 33.2. The minimum atomic E-state index is -0.545. The maximum Gasteiger partial charge on any atom is 0.236 e. The fraction of sp³-hybridized carbons (Fsp3) is 0.500. The zero-order valence-electron chi connectivity index (χ0n) is 17.9. The van der Waals surface area contributed by atoms with Gasteiger partial charge in [-0.05, 0) is 51.6 Å². The van der Waals surface area contributed by atoms with Crippen LogP contribution in [0.5, 0.6) is 0 Å². The van der Waals surface area contributed by atoms with Gasteiger partial charge in [0.15, 0.2) is 5.13 Å². The van der Waals surface area contributed by atoms with Gasteiger partial charge in [-0.1, -0.05) is 19.4 Å². The first-order valence-electron chi connectivity index (χ1n) is 10.1. The summed E-state index contributed by atoms with van der Waals surface area (Å²) < 4.78 is 0. The first-order chi connectivity index (χ1) is 13.7. The molecule has 0 unspecified atom stereocenters. The lowest BCUT2D eigenvalue weighted by atomic mass is 9.85. The van der Waals surface area contributed by atoms with Gasteiger partial charge in [-0.25, -0.2) is 4.98 Å². The number of nitrogens with one attached hydrogen (secondary N) is 1. The Morgan fingerprint density at radius 3 is 2.79 bits per heavy atom. The second-order valence-electron chi connectivity index (χ2n) is 8.21. The van der Waals surface area contributed by atoms with E-state index >= 15 is 0 Å². The van der Waals surface area contributed by atoms with E-state index in [1.165, 1.54) is 11.3 Å². The molecule has 1 aromatic carbocycles. The molecule has 6 nitrogen and oxygen atoms in total. The molecule has 1 aliphatic rings. The zero-order chi connectivity index (χ0) is 21.2. The largest absolute Gasteiger partial charge is 0.314 e. The third-order valence-corrected chi connectivity index (χ3v) is 6.29. The van der Waals surface area contributed by atoms with Gasteiger partial charge in [-0.2, -0.15) is 0 Å². The van der Waals surface area contributed by atoms with Crippen molar-refractivity contribution in [1.82, 2.24) is 9.88 Å². The van der Waals surface area contributed by atoms with E-state index in [0.717, 1.165) is 48.4 Å². The Morgan fingerprint density at radius 2 is 2.07 bits per heavy atom. The van der Waals surface area contributed by atoms with Crippen molar-refractivity contribution in [3.63, 3.8) is 0 Å². The second-order valence-corrected chi connectivity index (χ2v) is 9.07. The highest BCUT2D eigenvalue weighted by molar-refractivity contribution is 7.14. The van der Waals surface area contributed by atoms with Gasteiger partial charge in [0.05, 0.1) is 11.1 Å². The van der Waals surface area contributed by atoms with Crippen LogP contribution in [0.15, 0.2) is 23.6 Å². The Morgan fingerprint density at radius 1 is 1.31 bits per heavy atom. The minimum Gasteiger partial charge on any atom is -0.314 e. The second kappa shape index (κ2) is 8.63. The van der Waals surface area contributed by atoms with Crippen molar-refractivity contribution < 1.29 is 9.59 Å². The van der Waals surface area contributed by atoms with Gasteiger partial charge in [-0.15, -0.1) is 11.3 Å². The molecule has 156 valence electrons. The number of hydrogen-bond donors (Lipinski definition) is 1. The summed E-state index contributed by atoms with van der Waals surface area (Å²) in [6.07, 6.45) is 2.76. The number of thiazole rings is 1. The molecule has 0 spiro atoms. The molecule has 2 amide bonds. The third kappa shape index (κ3) is 4.51. The normalized spacial score (nSPS) is 15.1. The van der Waals surface area contributed by atoms with Crippen molar-refractivity contribution in [3.8, 4) is 11.3 Å². The highest BCUT2D eigenvalue weighted by Crippen LogP contribution is 2.42. The van der Waals surface area contributed by atoms with E-state index < -0.39 is 5.41 Å². The average Bonchev–Trinajstić information content (AvgIpc) is 3.22. The first kappa shape index (κ1) is 21.5. The molecule has 0 bridgehead atoms. The number of carbonyl (C=O) groups excluding carboxylic acids is 2. The summed E-state index contributed by atoms with van der Waals surface area (Å²) in [5.74, 6) is 0.0799. The average molecular weight is 415 g/mol. The predicted octanol–water partition coefficient (Wildman–Crippen LogP) is 4.12. The van der Waals surface area contributed by atoms with Crippen molar-refractivity contribution in [2.24, 2.45) is 0 Å². The zero-order valence-corrected chi connectivity index (χ0v) is 18.7. The van der Waals surface area contributed by atoms with Crippen molar-refractivity contribution in [3.05, 3.63) is 29.1 Å². The summed E-state index contributed by atoms with van der Waals surface area (Å²) >= 11 is 1.42. The van der Waals surface area contributed by atoms with Crippen molar-refractivity contribution in [1.29, 1.82) is 0 Å². The maximum absolute atomic E-state index is 12.5. The number of fused-ring (bicyclic) bond motifs is 1. The topological polar surface area (TPSA) is 65.5 Å². The highest BCUT2D eigenvalue weighted by atomic mass is 32.1. The third-order valence-electron chi connectivity index (χ3n) is 5.53. The van der Waals surface area contributed by atoms with Gasteiger partial charge in [0.1, 0.15) is 0 Å². The Bertz CT molecular complexity index is 906. The Kier molecular flexibility index (Phi) is 6.39. The lowest BCUT2D eigenvalue weighted by Crippen LogP contribution is -2.33. The van der Waals surface area contributed by atoms with Gasteiger partial charge in [0.25, 0.3) is 0 Å². The molecule has 0 saturated carbocycles. The summed E-state index contributed by atoms with van der Waals surface area (Å²) in [6, 6.07) is 5.99. The maximum atomic E-state index is 12.5. The molecule has 0 radical (unpaired) electrons. The molecular weight excluding hydrogens is 384 g/mol. The Balaban J connectivity index is 1.66. The van der Waals surface area contributed by atoms with Crippen LogP contribution >= 0.6 is 11.3 Å². The van der Waals surface area contributed by atoms with E-state index in [2.05, 4.69) is 22.1 Å². The standard InChI is InChI=1S/C22H30N4O2S/c1-6-7-11-25(4)12-10-19(27)24-21-23-17(14-29-21)15-8-9-18-16(13-15)22(2,3)20(28)26(18)5/h8-9,13-14H,6-7,10-12H2,1-5H3,(H,23,24,27). The van der Waals surface area contributed by atoms with Crippen molar-refractivity contribution >= 4 is 34.0 Å². The number of aromatic nitrogens is 1. The van der Waals surface area contributed by atoms with Crippen LogP contribution in [-0.4, -0.2) is 48.9 Å². The molecule has 3 rings (SSSR count). The summed E-state index contributed by atoms with van der Waals surface area (Å²) in [6.45, 7) is 7.82. The van der Waals surface area contributed by atoms with Crippen molar-refractivity contribution in [2.45, 2.75) is 45.4 Å². The van der Waals surface area contributed by atoms with Crippen LogP contribution in [0.1, 0.15) is 45.6 Å². The van der Waals surface area contributed by atoms with E-state index in [1.54, 1.807) is 4.90 Å². The molecule has 0 saturated heterocycles. The van der Waals surface area contributed by atoms with Gasteiger partial charge in [0, 0.05) is 36.6 Å². The van der Waals surface area contributed by atoms with Gasteiger partial charge >= 0.3 is 0 Å². The quantitative estimate of drug-likeness (QED) is 0.705. The molecule has 2 heterocycles. The summed E-state index contributed by atoms with van der Waals surface area (Å²) in [5, 5.41) is 5.45. The molecule has 2 aromatic rings. The van der Waals surface area contributed by atoms with Crippen LogP contribution in [-0.2, 0) is 15.0 Å². The number of likely N-dealkylation sites (N-methyl/N-ethyl adjacent to an activating group) is 1. The number of rotatable bonds is 8. The molecule has 0 fully saturated rings. The van der Waals surface area contributed by atoms with Gasteiger partial charge in [-0.3, -0.25) is 9.59 Å². The number of benzene rings is 1. The molecular formula is C22H30N4O2S. The molecule has 0 atom stereocenters. The fourth-order valence-corrected chi connectivity index (χ4v) is 4.35. The number of carbonyl (C=O) groups is 2. The van der Waals surface area contributed by atoms with E-state index in [1.807, 2.05) is 51.5 Å². The monoisotopic (exact) mass is 414 g/mol. The molecule has 1 N–H and O–H groups in total. The molecule has 0 aliphatic carbocycles. The van der Waals surface area contributed by atoms with E-state index in [9.17, 15) is 9.59 Å². The van der Waals surface area contributed by atoms with Gasteiger partial charge in [0.2, 0.25) is 11.8 Å². The number of amides is 2. The first-order valence-corrected chi connectivity index (χ1v) is 11.0. The lowest BCUT2D eigenvalue weighted by molar-refractivity contribution is -0.121. The highest BCUT2D eigenvalue weighted by Gasteiger charge is 2.42.